The van der Waals surface area contributed by atoms with Gasteiger partial charge in [0.1, 0.15) is 28.8 Å². The van der Waals surface area contributed by atoms with Gasteiger partial charge in [0.2, 0.25) is 0 Å². The van der Waals surface area contributed by atoms with Gasteiger partial charge in [0, 0.05) is 30.8 Å². The van der Waals surface area contributed by atoms with Crippen molar-refractivity contribution in [3.8, 4) is 11.5 Å². The second-order valence-electron chi connectivity index (χ2n) is 8.24. The van der Waals surface area contributed by atoms with Crippen molar-refractivity contribution in [2.45, 2.75) is 33.0 Å². The van der Waals surface area contributed by atoms with Crippen molar-refractivity contribution >= 4 is 28.3 Å². The van der Waals surface area contributed by atoms with E-state index >= 15 is 0 Å². The Bertz CT molecular complexity index is 1420. The van der Waals surface area contributed by atoms with E-state index < -0.39 is 12.2 Å². The SMILES string of the molecule is CNC(=O)c1c(C)oc2cc(Oc3ccnn4cc(C(=O)N5C[C@H](F)[C@H]5C)c(C)c34)ccc12. The summed E-state index contributed by atoms with van der Waals surface area (Å²) in [6, 6.07) is 6.54. The predicted octanol–water partition coefficient (Wildman–Crippen LogP) is 4.03. The molecule has 0 aliphatic carbocycles. The second kappa shape index (κ2) is 7.61. The van der Waals surface area contributed by atoms with Crippen LogP contribution in [0.3, 0.4) is 0 Å². The Morgan fingerprint density at radius 2 is 2.06 bits per heavy atom. The molecule has 9 heteroatoms. The summed E-state index contributed by atoms with van der Waals surface area (Å²) in [5, 5.41) is 7.62. The van der Waals surface area contributed by atoms with Gasteiger partial charge in [-0.2, -0.15) is 5.10 Å². The number of nitrogens with one attached hydrogen (secondary N) is 1. The lowest BCUT2D eigenvalue weighted by molar-refractivity contribution is 0.00637. The van der Waals surface area contributed by atoms with Crippen LogP contribution >= 0.6 is 0 Å². The highest BCUT2D eigenvalue weighted by Gasteiger charge is 2.40. The first-order chi connectivity index (χ1) is 15.8. The molecule has 4 heterocycles. The Hall–Kier alpha value is -3.88. The van der Waals surface area contributed by atoms with Crippen LogP contribution in [0.1, 0.15) is 39.0 Å². The van der Waals surface area contributed by atoms with E-state index in [1.807, 2.05) is 6.92 Å². The minimum absolute atomic E-state index is 0.100. The third-order valence-electron chi connectivity index (χ3n) is 6.29. The molecule has 0 spiro atoms. The number of fused-ring (bicyclic) bond motifs is 2. The number of aryl methyl sites for hydroxylation is 2. The molecule has 1 N–H and O–H groups in total. The molecule has 5 rings (SSSR count). The third-order valence-corrected chi connectivity index (χ3v) is 6.29. The van der Waals surface area contributed by atoms with Crippen LogP contribution in [-0.4, -0.2) is 52.1 Å². The van der Waals surface area contributed by atoms with Gasteiger partial charge in [-0.25, -0.2) is 8.91 Å². The zero-order valence-corrected chi connectivity index (χ0v) is 18.7. The molecule has 2 atom stereocenters. The first-order valence-corrected chi connectivity index (χ1v) is 10.6. The van der Waals surface area contributed by atoms with E-state index in [1.54, 1.807) is 62.1 Å². The zero-order valence-electron chi connectivity index (χ0n) is 18.7. The molecule has 3 aromatic heterocycles. The number of carbonyl (C=O) groups excluding carboxylic acids is 2. The first kappa shape index (κ1) is 21.0. The molecule has 1 aliphatic heterocycles. The number of alkyl halides is 1. The highest BCUT2D eigenvalue weighted by molar-refractivity contribution is 6.07. The summed E-state index contributed by atoms with van der Waals surface area (Å²) in [5.74, 6) is 1.11. The van der Waals surface area contributed by atoms with Crippen molar-refractivity contribution in [2.24, 2.45) is 0 Å². The fourth-order valence-corrected chi connectivity index (χ4v) is 4.31. The molecule has 0 bridgehead atoms. The number of likely N-dealkylation sites (tertiary alicyclic amines) is 1. The summed E-state index contributed by atoms with van der Waals surface area (Å²) in [6.45, 7) is 5.36. The molecule has 1 aliphatic rings. The van der Waals surface area contributed by atoms with Crippen molar-refractivity contribution in [3.63, 3.8) is 0 Å². The number of ether oxygens (including phenoxy) is 1. The van der Waals surface area contributed by atoms with Crippen LogP contribution in [0.4, 0.5) is 4.39 Å². The number of benzene rings is 1. The Kier molecular flexibility index (Phi) is 4.84. The van der Waals surface area contributed by atoms with Gasteiger partial charge in [-0.1, -0.05) is 0 Å². The van der Waals surface area contributed by atoms with Crippen LogP contribution < -0.4 is 10.1 Å². The summed E-state index contributed by atoms with van der Waals surface area (Å²) in [7, 11) is 1.57. The Balaban J connectivity index is 1.51. The number of aromatic nitrogens is 2. The van der Waals surface area contributed by atoms with E-state index in [9.17, 15) is 14.0 Å². The van der Waals surface area contributed by atoms with Gasteiger partial charge >= 0.3 is 0 Å². The van der Waals surface area contributed by atoms with Crippen LogP contribution in [0.5, 0.6) is 11.5 Å². The van der Waals surface area contributed by atoms with E-state index in [4.69, 9.17) is 9.15 Å². The normalized spacial score (nSPS) is 17.9. The molecular formula is C24H23FN4O4. The summed E-state index contributed by atoms with van der Waals surface area (Å²) < 4.78 is 27.1. The number of carbonyl (C=O) groups is 2. The monoisotopic (exact) mass is 450 g/mol. The highest BCUT2D eigenvalue weighted by Crippen LogP contribution is 2.35. The number of nitrogens with zero attached hydrogens (tertiary/aromatic N) is 3. The van der Waals surface area contributed by atoms with Crippen LogP contribution in [0.15, 0.2) is 41.1 Å². The average Bonchev–Trinajstić information content (AvgIpc) is 3.32. The maximum atomic E-state index is 13.6. The van der Waals surface area contributed by atoms with Crippen LogP contribution in [-0.2, 0) is 0 Å². The molecule has 8 nitrogen and oxygen atoms in total. The standard InChI is InChI=1S/C24H23FN4O4/c1-12-17(24(31)28-11-18(25)13(28)2)10-29-22(12)19(7-8-27-29)33-15-5-6-16-20(9-15)32-14(3)21(16)23(30)26-4/h5-10,13,18H,11H2,1-4H3,(H,26,30)/t13-,18+/m1/s1. The minimum atomic E-state index is -0.993. The molecule has 1 aromatic carbocycles. The number of rotatable bonds is 4. The van der Waals surface area contributed by atoms with Gasteiger partial charge in [0.05, 0.1) is 29.9 Å². The van der Waals surface area contributed by atoms with Crippen molar-refractivity contribution in [1.82, 2.24) is 19.8 Å². The molecule has 33 heavy (non-hydrogen) atoms. The number of furan rings is 1. The van der Waals surface area contributed by atoms with Gasteiger partial charge < -0.3 is 19.4 Å². The summed E-state index contributed by atoms with van der Waals surface area (Å²) in [5.41, 5.74) is 2.84. The van der Waals surface area contributed by atoms with Crippen molar-refractivity contribution in [2.75, 3.05) is 13.6 Å². The molecule has 0 saturated carbocycles. The fraction of sp³-hybridized carbons (Fsp3) is 0.292. The lowest BCUT2D eigenvalue weighted by Gasteiger charge is -2.41. The number of amides is 2. The minimum Gasteiger partial charge on any atom is -0.460 e. The second-order valence-corrected chi connectivity index (χ2v) is 8.24. The molecular weight excluding hydrogens is 427 g/mol. The molecule has 1 saturated heterocycles. The smallest absolute Gasteiger partial charge is 0.256 e. The molecule has 2 amide bonds. The van der Waals surface area contributed by atoms with Crippen molar-refractivity contribution < 1.29 is 23.1 Å². The van der Waals surface area contributed by atoms with Crippen LogP contribution in [0.25, 0.3) is 16.5 Å². The molecule has 0 radical (unpaired) electrons. The van der Waals surface area contributed by atoms with Crippen LogP contribution in [0, 0.1) is 13.8 Å². The fourth-order valence-electron chi connectivity index (χ4n) is 4.31. The Morgan fingerprint density at radius 1 is 1.27 bits per heavy atom. The maximum Gasteiger partial charge on any atom is 0.256 e. The van der Waals surface area contributed by atoms with Crippen molar-refractivity contribution in [3.05, 3.63) is 59.1 Å². The predicted molar refractivity (Wildman–Crippen MR) is 120 cm³/mol. The van der Waals surface area contributed by atoms with Crippen LogP contribution in [0.2, 0.25) is 0 Å². The number of hydrogen-bond donors (Lipinski definition) is 1. The van der Waals surface area contributed by atoms with E-state index in [0.717, 1.165) is 0 Å². The van der Waals surface area contributed by atoms with Crippen molar-refractivity contribution in [1.29, 1.82) is 0 Å². The summed E-state index contributed by atoms with van der Waals surface area (Å²) >= 11 is 0. The third kappa shape index (κ3) is 3.23. The molecule has 1 fully saturated rings. The molecule has 4 aromatic rings. The summed E-state index contributed by atoms with van der Waals surface area (Å²) in [4.78, 5) is 26.6. The number of halogens is 1. The Labute approximate surface area is 188 Å². The van der Waals surface area contributed by atoms with Gasteiger partial charge in [-0.3, -0.25) is 9.59 Å². The van der Waals surface area contributed by atoms with E-state index in [-0.39, 0.29) is 18.4 Å². The summed E-state index contributed by atoms with van der Waals surface area (Å²) in [6.07, 6.45) is 2.24. The lowest BCUT2D eigenvalue weighted by Crippen LogP contribution is -2.58. The van der Waals surface area contributed by atoms with E-state index in [1.165, 1.54) is 4.90 Å². The molecule has 170 valence electrons. The molecule has 0 unspecified atom stereocenters. The Morgan fingerprint density at radius 3 is 2.76 bits per heavy atom. The van der Waals surface area contributed by atoms with Gasteiger partial charge in [0.15, 0.2) is 5.75 Å². The number of hydrogen-bond acceptors (Lipinski definition) is 5. The van der Waals surface area contributed by atoms with Gasteiger partial charge in [0.25, 0.3) is 11.8 Å². The lowest BCUT2D eigenvalue weighted by atomic mass is 10.0. The van der Waals surface area contributed by atoms with Gasteiger partial charge in [-0.05, 0) is 38.5 Å². The topological polar surface area (TPSA) is 89.1 Å². The van der Waals surface area contributed by atoms with E-state index in [2.05, 4.69) is 10.4 Å². The average molecular weight is 450 g/mol. The largest absolute Gasteiger partial charge is 0.460 e. The first-order valence-electron chi connectivity index (χ1n) is 10.6. The van der Waals surface area contributed by atoms with Gasteiger partial charge in [-0.15, -0.1) is 0 Å². The quantitative estimate of drug-likeness (QED) is 0.507. The highest BCUT2D eigenvalue weighted by atomic mass is 19.1. The zero-order chi connectivity index (χ0) is 23.4. The maximum absolute atomic E-state index is 13.6. The van der Waals surface area contributed by atoms with E-state index in [0.29, 0.717) is 50.4 Å².